The lowest BCUT2D eigenvalue weighted by molar-refractivity contribution is 0.174. The molecule has 2 aromatic carbocycles. The lowest BCUT2D eigenvalue weighted by atomic mass is 10.1. The van der Waals surface area contributed by atoms with Crippen LogP contribution in [0.3, 0.4) is 0 Å². The fourth-order valence-electron chi connectivity index (χ4n) is 3.90. The van der Waals surface area contributed by atoms with Crippen LogP contribution < -0.4 is 9.47 Å². The number of unbranched alkanes of at least 4 members (excludes halogenated alkanes) is 2. The molecule has 2 heterocycles. The van der Waals surface area contributed by atoms with Gasteiger partial charge in [-0.3, -0.25) is 4.90 Å². The number of aromatic nitrogens is 3. The predicted octanol–water partition coefficient (Wildman–Crippen LogP) is 5.28. The molecule has 3 aromatic rings. The zero-order valence-electron chi connectivity index (χ0n) is 18.6. The molecule has 0 atom stereocenters. The standard InChI is InChI=1S/C25H32N4O2/c1-3-5-14-28(17-20-12-13-22-23(16-20)31-19-30-22)18-24-26-27-25(29(24)15-6-4-2)21-10-8-7-9-11-21/h7-13,16H,3-6,14-15,17-19H2,1-2H3. The number of fused-ring (bicyclic) bond motifs is 1. The Hall–Kier alpha value is -2.86. The van der Waals surface area contributed by atoms with E-state index >= 15 is 0 Å². The molecule has 0 fully saturated rings. The van der Waals surface area contributed by atoms with Crippen molar-refractivity contribution in [2.45, 2.75) is 59.2 Å². The summed E-state index contributed by atoms with van der Waals surface area (Å²) in [7, 11) is 0. The highest BCUT2D eigenvalue weighted by Gasteiger charge is 2.18. The molecule has 164 valence electrons. The van der Waals surface area contributed by atoms with Gasteiger partial charge in [0.15, 0.2) is 17.3 Å². The second kappa shape index (κ2) is 10.4. The van der Waals surface area contributed by atoms with E-state index in [0.29, 0.717) is 6.79 Å². The van der Waals surface area contributed by atoms with E-state index in [2.05, 4.69) is 69.9 Å². The van der Waals surface area contributed by atoms with Gasteiger partial charge in [-0.2, -0.15) is 0 Å². The Morgan fingerprint density at radius 1 is 0.903 bits per heavy atom. The molecule has 6 nitrogen and oxygen atoms in total. The molecule has 1 aliphatic heterocycles. The van der Waals surface area contributed by atoms with Crippen molar-refractivity contribution in [2.75, 3.05) is 13.3 Å². The molecule has 0 saturated carbocycles. The molecule has 0 unspecified atom stereocenters. The zero-order chi connectivity index (χ0) is 21.5. The van der Waals surface area contributed by atoms with E-state index in [0.717, 1.165) is 80.6 Å². The number of hydrogen-bond donors (Lipinski definition) is 0. The van der Waals surface area contributed by atoms with E-state index in [1.165, 1.54) is 5.56 Å². The van der Waals surface area contributed by atoms with Crippen LogP contribution in [0.4, 0.5) is 0 Å². The average molecular weight is 421 g/mol. The van der Waals surface area contributed by atoms with Crippen LogP contribution in [-0.2, 0) is 19.6 Å². The Bertz CT molecular complexity index is 971. The van der Waals surface area contributed by atoms with Crippen molar-refractivity contribution >= 4 is 0 Å². The van der Waals surface area contributed by atoms with Gasteiger partial charge in [0.2, 0.25) is 6.79 Å². The van der Waals surface area contributed by atoms with E-state index in [1.54, 1.807) is 0 Å². The van der Waals surface area contributed by atoms with E-state index < -0.39 is 0 Å². The summed E-state index contributed by atoms with van der Waals surface area (Å²) in [5, 5.41) is 9.20. The highest BCUT2D eigenvalue weighted by Crippen LogP contribution is 2.33. The van der Waals surface area contributed by atoms with Crippen LogP contribution in [0.1, 0.15) is 50.9 Å². The molecule has 0 N–H and O–H groups in total. The number of ether oxygens (including phenoxy) is 2. The van der Waals surface area contributed by atoms with Gasteiger partial charge in [0.05, 0.1) is 6.54 Å². The summed E-state index contributed by atoms with van der Waals surface area (Å²) in [6.07, 6.45) is 4.57. The van der Waals surface area contributed by atoms with E-state index in [9.17, 15) is 0 Å². The predicted molar refractivity (Wildman–Crippen MR) is 122 cm³/mol. The summed E-state index contributed by atoms with van der Waals surface area (Å²) < 4.78 is 13.3. The molecular formula is C25H32N4O2. The fourth-order valence-corrected chi connectivity index (χ4v) is 3.90. The van der Waals surface area contributed by atoms with Crippen molar-refractivity contribution in [2.24, 2.45) is 0 Å². The van der Waals surface area contributed by atoms with Crippen molar-refractivity contribution in [3.05, 3.63) is 59.9 Å². The van der Waals surface area contributed by atoms with Gasteiger partial charge in [-0.25, -0.2) is 0 Å². The second-order valence-corrected chi connectivity index (χ2v) is 8.06. The molecule has 0 spiro atoms. The van der Waals surface area contributed by atoms with Crippen molar-refractivity contribution in [3.8, 4) is 22.9 Å². The largest absolute Gasteiger partial charge is 0.454 e. The van der Waals surface area contributed by atoms with Crippen LogP contribution in [0, 0.1) is 0 Å². The molecule has 4 rings (SSSR count). The molecule has 6 heteroatoms. The minimum atomic E-state index is 0.307. The van der Waals surface area contributed by atoms with Crippen LogP contribution in [0.5, 0.6) is 11.5 Å². The number of hydrogen-bond acceptors (Lipinski definition) is 5. The summed E-state index contributed by atoms with van der Waals surface area (Å²) in [5.74, 6) is 3.66. The molecule has 1 aliphatic rings. The normalized spacial score (nSPS) is 12.6. The van der Waals surface area contributed by atoms with Gasteiger partial charge >= 0.3 is 0 Å². The van der Waals surface area contributed by atoms with Gasteiger partial charge in [-0.15, -0.1) is 10.2 Å². The molecule has 0 radical (unpaired) electrons. The molecule has 31 heavy (non-hydrogen) atoms. The third-order valence-electron chi connectivity index (χ3n) is 5.63. The maximum atomic E-state index is 5.57. The second-order valence-electron chi connectivity index (χ2n) is 8.06. The third kappa shape index (κ3) is 5.25. The van der Waals surface area contributed by atoms with Gasteiger partial charge < -0.3 is 14.0 Å². The van der Waals surface area contributed by atoms with Crippen LogP contribution in [0.25, 0.3) is 11.4 Å². The average Bonchev–Trinajstić information content (AvgIpc) is 3.43. The first-order valence-electron chi connectivity index (χ1n) is 11.4. The fraction of sp³-hybridized carbons (Fsp3) is 0.440. The van der Waals surface area contributed by atoms with Gasteiger partial charge in [0.1, 0.15) is 5.82 Å². The van der Waals surface area contributed by atoms with Gasteiger partial charge in [-0.05, 0) is 37.1 Å². The van der Waals surface area contributed by atoms with E-state index in [1.807, 2.05) is 12.1 Å². The maximum Gasteiger partial charge on any atom is 0.231 e. The van der Waals surface area contributed by atoms with Gasteiger partial charge in [0.25, 0.3) is 0 Å². The van der Waals surface area contributed by atoms with Crippen LogP contribution in [0.2, 0.25) is 0 Å². The van der Waals surface area contributed by atoms with Crippen LogP contribution in [0.15, 0.2) is 48.5 Å². The van der Waals surface area contributed by atoms with E-state index in [4.69, 9.17) is 9.47 Å². The Kier molecular flexibility index (Phi) is 7.20. The van der Waals surface area contributed by atoms with Crippen molar-refractivity contribution in [1.29, 1.82) is 0 Å². The number of rotatable bonds is 11. The first kappa shape index (κ1) is 21.4. The number of nitrogens with zero attached hydrogens (tertiary/aromatic N) is 4. The summed E-state index contributed by atoms with van der Waals surface area (Å²) in [4.78, 5) is 2.46. The van der Waals surface area contributed by atoms with Gasteiger partial charge in [0, 0.05) is 18.7 Å². The Morgan fingerprint density at radius 3 is 2.52 bits per heavy atom. The first-order chi connectivity index (χ1) is 15.3. The summed E-state index contributed by atoms with van der Waals surface area (Å²) >= 11 is 0. The lowest BCUT2D eigenvalue weighted by Crippen LogP contribution is -2.26. The first-order valence-corrected chi connectivity index (χ1v) is 11.4. The maximum absolute atomic E-state index is 5.57. The molecule has 0 saturated heterocycles. The highest BCUT2D eigenvalue weighted by molar-refractivity contribution is 5.55. The van der Waals surface area contributed by atoms with Crippen molar-refractivity contribution in [1.82, 2.24) is 19.7 Å². The Morgan fingerprint density at radius 2 is 1.71 bits per heavy atom. The minimum Gasteiger partial charge on any atom is -0.454 e. The third-order valence-corrected chi connectivity index (χ3v) is 5.63. The van der Waals surface area contributed by atoms with Gasteiger partial charge in [-0.1, -0.05) is 63.1 Å². The molecule has 1 aromatic heterocycles. The molecule has 0 aliphatic carbocycles. The monoisotopic (exact) mass is 420 g/mol. The van der Waals surface area contributed by atoms with Crippen LogP contribution in [-0.4, -0.2) is 33.0 Å². The molecule has 0 amide bonds. The lowest BCUT2D eigenvalue weighted by Gasteiger charge is -2.22. The Balaban J connectivity index is 1.56. The van der Waals surface area contributed by atoms with E-state index in [-0.39, 0.29) is 0 Å². The molecular weight excluding hydrogens is 388 g/mol. The SMILES string of the molecule is CCCCN(Cc1ccc2c(c1)OCO2)Cc1nnc(-c2ccccc2)n1CCCC. The molecule has 0 bridgehead atoms. The highest BCUT2D eigenvalue weighted by atomic mass is 16.7. The summed E-state index contributed by atoms with van der Waals surface area (Å²) in [6, 6.07) is 16.6. The topological polar surface area (TPSA) is 52.4 Å². The van der Waals surface area contributed by atoms with Crippen molar-refractivity contribution < 1.29 is 9.47 Å². The van der Waals surface area contributed by atoms with Crippen LogP contribution >= 0.6 is 0 Å². The van der Waals surface area contributed by atoms with Crippen molar-refractivity contribution in [3.63, 3.8) is 0 Å². The zero-order valence-corrected chi connectivity index (χ0v) is 18.6. The quantitative estimate of drug-likeness (QED) is 0.423. The summed E-state index contributed by atoms with van der Waals surface area (Å²) in [5.41, 5.74) is 2.34. The smallest absolute Gasteiger partial charge is 0.231 e. The number of benzene rings is 2. The minimum absolute atomic E-state index is 0.307. The summed E-state index contributed by atoms with van der Waals surface area (Å²) in [6.45, 7) is 8.34. The Labute approximate surface area is 184 Å².